The summed E-state index contributed by atoms with van der Waals surface area (Å²) < 4.78 is 0. The van der Waals surface area contributed by atoms with Crippen LogP contribution in [0.25, 0.3) is 0 Å². The minimum atomic E-state index is -0.839. The van der Waals surface area contributed by atoms with Crippen LogP contribution in [0.5, 0.6) is 0 Å². The first-order valence-corrected chi connectivity index (χ1v) is 4.70. The number of nitrogens with zero attached hydrogens (tertiary/aromatic N) is 1. The second kappa shape index (κ2) is 3.65. The lowest BCUT2D eigenvalue weighted by molar-refractivity contribution is -0.134. The zero-order valence-electron chi connectivity index (χ0n) is 7.79. The molecule has 0 saturated carbocycles. The molecule has 0 aromatic carbocycles. The van der Waals surface area contributed by atoms with Crippen LogP contribution < -0.4 is 5.32 Å². The predicted molar refractivity (Wildman–Crippen MR) is 52.4 cm³/mol. The molecule has 0 spiro atoms. The van der Waals surface area contributed by atoms with E-state index in [9.17, 15) is 4.79 Å². The number of hydrogen-bond acceptors (Lipinski definition) is 3. The molecule has 2 N–H and O–H groups in total. The number of anilines is 1. The number of nitrogens with one attached hydrogen (secondary N) is 1. The lowest BCUT2D eigenvalue weighted by Gasteiger charge is -2.08. The number of fused-ring (bicyclic) bond motifs is 1. The SMILES string of the molecule is O=C(O)CNc1ccnc2c1CCC2. The van der Waals surface area contributed by atoms with Gasteiger partial charge in [0, 0.05) is 17.6 Å². The molecule has 4 nitrogen and oxygen atoms in total. The van der Waals surface area contributed by atoms with Gasteiger partial charge in [-0.1, -0.05) is 0 Å². The molecule has 0 saturated heterocycles. The van der Waals surface area contributed by atoms with Crippen LogP contribution in [0.2, 0.25) is 0 Å². The van der Waals surface area contributed by atoms with Crippen LogP contribution in [-0.2, 0) is 17.6 Å². The summed E-state index contributed by atoms with van der Waals surface area (Å²) in [7, 11) is 0. The average Bonchev–Trinajstić information content (AvgIpc) is 2.62. The Morgan fingerprint density at radius 2 is 2.43 bits per heavy atom. The summed E-state index contributed by atoms with van der Waals surface area (Å²) >= 11 is 0. The normalized spacial score (nSPS) is 13.7. The van der Waals surface area contributed by atoms with Gasteiger partial charge in [-0.25, -0.2) is 0 Å². The second-order valence-electron chi connectivity index (χ2n) is 3.38. The maximum absolute atomic E-state index is 10.4. The van der Waals surface area contributed by atoms with Crippen molar-refractivity contribution in [1.82, 2.24) is 4.98 Å². The molecule has 2 rings (SSSR count). The molecule has 1 aromatic rings. The zero-order valence-corrected chi connectivity index (χ0v) is 7.79. The molecule has 0 amide bonds. The number of pyridine rings is 1. The fourth-order valence-corrected chi connectivity index (χ4v) is 1.80. The highest BCUT2D eigenvalue weighted by molar-refractivity contribution is 5.73. The number of hydrogen-bond donors (Lipinski definition) is 2. The number of carboxylic acid groups (broad SMARTS) is 1. The Kier molecular flexibility index (Phi) is 2.35. The molecule has 0 bridgehead atoms. The molecule has 0 radical (unpaired) electrons. The Morgan fingerprint density at radius 1 is 1.57 bits per heavy atom. The van der Waals surface area contributed by atoms with Crippen LogP contribution in [0.15, 0.2) is 12.3 Å². The van der Waals surface area contributed by atoms with E-state index in [2.05, 4.69) is 10.3 Å². The minimum absolute atomic E-state index is 0.0313. The first-order chi connectivity index (χ1) is 6.77. The van der Waals surface area contributed by atoms with Gasteiger partial charge in [0.1, 0.15) is 6.54 Å². The van der Waals surface area contributed by atoms with E-state index in [0.29, 0.717) is 0 Å². The maximum Gasteiger partial charge on any atom is 0.322 e. The quantitative estimate of drug-likeness (QED) is 0.751. The third kappa shape index (κ3) is 1.69. The number of carboxylic acids is 1. The number of aryl methyl sites for hydroxylation is 1. The molecule has 0 atom stereocenters. The number of carbonyl (C=O) groups is 1. The van der Waals surface area contributed by atoms with E-state index in [1.165, 1.54) is 5.56 Å². The van der Waals surface area contributed by atoms with Crippen molar-refractivity contribution in [3.05, 3.63) is 23.5 Å². The van der Waals surface area contributed by atoms with Crippen molar-refractivity contribution in [2.75, 3.05) is 11.9 Å². The third-order valence-electron chi connectivity index (χ3n) is 2.42. The molecular formula is C10H12N2O2. The van der Waals surface area contributed by atoms with Crippen molar-refractivity contribution in [3.8, 4) is 0 Å². The second-order valence-corrected chi connectivity index (χ2v) is 3.38. The lowest BCUT2D eigenvalue weighted by Crippen LogP contribution is -2.13. The summed E-state index contributed by atoms with van der Waals surface area (Å²) in [6.07, 6.45) is 4.87. The molecule has 0 aliphatic heterocycles. The van der Waals surface area contributed by atoms with E-state index >= 15 is 0 Å². The number of rotatable bonds is 3. The van der Waals surface area contributed by atoms with Crippen LogP contribution in [-0.4, -0.2) is 22.6 Å². The van der Waals surface area contributed by atoms with Crippen molar-refractivity contribution >= 4 is 11.7 Å². The van der Waals surface area contributed by atoms with Crippen LogP contribution in [0.3, 0.4) is 0 Å². The highest BCUT2D eigenvalue weighted by Gasteiger charge is 2.15. The van der Waals surface area contributed by atoms with Crippen LogP contribution in [0, 0.1) is 0 Å². The summed E-state index contributed by atoms with van der Waals surface area (Å²) in [6, 6.07) is 1.84. The summed E-state index contributed by atoms with van der Waals surface area (Å²) in [5.41, 5.74) is 3.23. The molecule has 74 valence electrons. The number of aliphatic carboxylic acids is 1. The van der Waals surface area contributed by atoms with E-state index in [-0.39, 0.29) is 6.54 Å². The number of aromatic nitrogens is 1. The summed E-state index contributed by atoms with van der Waals surface area (Å²) in [5, 5.41) is 11.5. The van der Waals surface area contributed by atoms with Crippen molar-refractivity contribution in [2.24, 2.45) is 0 Å². The highest BCUT2D eigenvalue weighted by atomic mass is 16.4. The van der Waals surface area contributed by atoms with Crippen molar-refractivity contribution < 1.29 is 9.90 Å². The minimum Gasteiger partial charge on any atom is -0.480 e. The molecule has 4 heteroatoms. The molecule has 14 heavy (non-hydrogen) atoms. The van der Waals surface area contributed by atoms with E-state index in [0.717, 1.165) is 30.6 Å². The zero-order chi connectivity index (χ0) is 9.97. The first-order valence-electron chi connectivity index (χ1n) is 4.70. The average molecular weight is 192 g/mol. The topological polar surface area (TPSA) is 62.2 Å². The maximum atomic E-state index is 10.4. The van der Waals surface area contributed by atoms with Crippen molar-refractivity contribution in [1.29, 1.82) is 0 Å². The molecular weight excluding hydrogens is 180 g/mol. The Labute approximate surface area is 82.0 Å². The lowest BCUT2D eigenvalue weighted by atomic mass is 10.2. The van der Waals surface area contributed by atoms with Crippen molar-refractivity contribution in [3.63, 3.8) is 0 Å². The standard InChI is InChI=1S/C10H12N2O2/c13-10(14)6-12-9-4-5-11-8-3-1-2-7(8)9/h4-5H,1-3,6H2,(H,11,12)(H,13,14). The Bertz CT molecular complexity index is 363. The summed E-state index contributed by atoms with van der Waals surface area (Å²) in [4.78, 5) is 14.7. The predicted octanol–water partition coefficient (Wildman–Crippen LogP) is 1.07. The molecule has 0 unspecified atom stereocenters. The van der Waals surface area contributed by atoms with E-state index in [4.69, 9.17) is 5.11 Å². The molecule has 1 aliphatic rings. The van der Waals surface area contributed by atoms with Crippen molar-refractivity contribution in [2.45, 2.75) is 19.3 Å². The van der Waals surface area contributed by atoms with Gasteiger partial charge in [0.25, 0.3) is 0 Å². The van der Waals surface area contributed by atoms with Crippen LogP contribution >= 0.6 is 0 Å². The molecule has 1 heterocycles. The molecule has 1 aliphatic carbocycles. The largest absolute Gasteiger partial charge is 0.480 e. The van der Waals surface area contributed by atoms with Crippen LogP contribution in [0.1, 0.15) is 17.7 Å². The van der Waals surface area contributed by atoms with Gasteiger partial charge in [-0.3, -0.25) is 9.78 Å². The summed E-state index contributed by atoms with van der Waals surface area (Å²) in [6.45, 7) is -0.0313. The van der Waals surface area contributed by atoms with Gasteiger partial charge in [-0.2, -0.15) is 0 Å². The monoisotopic (exact) mass is 192 g/mol. The first kappa shape index (κ1) is 8.99. The van der Waals surface area contributed by atoms with Gasteiger partial charge in [0.05, 0.1) is 0 Å². The molecule has 0 fully saturated rings. The Hall–Kier alpha value is -1.58. The summed E-state index contributed by atoms with van der Waals surface area (Å²) in [5.74, 6) is -0.839. The Morgan fingerprint density at radius 3 is 3.21 bits per heavy atom. The molecule has 1 aromatic heterocycles. The van der Waals surface area contributed by atoms with Gasteiger partial charge in [0.15, 0.2) is 0 Å². The Balaban J connectivity index is 2.17. The third-order valence-corrected chi connectivity index (χ3v) is 2.42. The smallest absolute Gasteiger partial charge is 0.322 e. The van der Waals surface area contributed by atoms with Crippen LogP contribution in [0.4, 0.5) is 5.69 Å². The van der Waals surface area contributed by atoms with Gasteiger partial charge in [-0.15, -0.1) is 0 Å². The van der Waals surface area contributed by atoms with Gasteiger partial charge in [-0.05, 0) is 30.9 Å². The highest BCUT2D eigenvalue weighted by Crippen LogP contribution is 2.26. The fourth-order valence-electron chi connectivity index (χ4n) is 1.80. The van der Waals surface area contributed by atoms with Gasteiger partial charge < -0.3 is 10.4 Å². The van der Waals surface area contributed by atoms with Gasteiger partial charge in [0.2, 0.25) is 0 Å². The van der Waals surface area contributed by atoms with Gasteiger partial charge >= 0.3 is 5.97 Å². The van der Waals surface area contributed by atoms with E-state index in [1.54, 1.807) is 6.20 Å². The fraction of sp³-hybridized carbons (Fsp3) is 0.400. The van der Waals surface area contributed by atoms with E-state index in [1.807, 2.05) is 6.07 Å². The van der Waals surface area contributed by atoms with E-state index < -0.39 is 5.97 Å².